The van der Waals surface area contributed by atoms with Crippen molar-refractivity contribution in [2.45, 2.75) is 0 Å². The van der Waals surface area contributed by atoms with Crippen LogP contribution >= 0.6 is 15.9 Å². The summed E-state index contributed by atoms with van der Waals surface area (Å²) < 4.78 is 0.804. The Bertz CT molecular complexity index is 251. The minimum absolute atomic E-state index is 0.448. The van der Waals surface area contributed by atoms with Gasteiger partial charge in [0.15, 0.2) is 0 Å². The van der Waals surface area contributed by atoms with Crippen molar-refractivity contribution < 1.29 is 0 Å². The van der Waals surface area contributed by atoms with Crippen LogP contribution in [0.2, 0.25) is 0 Å². The summed E-state index contributed by atoms with van der Waals surface area (Å²) in [6.07, 6.45) is 4.10. The first-order chi connectivity index (χ1) is 4.33. The molecule has 0 aliphatic heterocycles. The Kier molecular flexibility index (Phi) is 1.81. The molecule has 2 nitrogen and oxygen atoms in total. The predicted octanol–water partition coefficient (Wildman–Crippen LogP) is 1.52. The van der Waals surface area contributed by atoms with E-state index in [4.69, 9.17) is 5.26 Å². The van der Waals surface area contributed by atoms with Gasteiger partial charge in [0.05, 0.1) is 5.56 Å². The highest BCUT2D eigenvalue weighted by atomic mass is 79.9. The van der Waals surface area contributed by atoms with Crippen LogP contribution in [0.3, 0.4) is 0 Å². The van der Waals surface area contributed by atoms with E-state index in [9.17, 15) is 0 Å². The number of pyridine rings is 1. The third-order valence-electron chi connectivity index (χ3n) is 0.776. The molecule has 0 saturated carbocycles. The van der Waals surface area contributed by atoms with Crippen LogP contribution in [0.5, 0.6) is 0 Å². The maximum absolute atomic E-state index is 8.32. The third-order valence-corrected chi connectivity index (χ3v) is 1.21. The van der Waals surface area contributed by atoms with Gasteiger partial charge >= 0.3 is 0 Å². The fourth-order valence-corrected chi connectivity index (χ4v) is 0.759. The SMILES string of the molecule is N#Cc1[c]ncc(Br)c1. The molecule has 0 unspecified atom stereocenters. The zero-order chi connectivity index (χ0) is 6.69. The first-order valence-electron chi connectivity index (χ1n) is 2.26. The number of hydrogen-bond donors (Lipinski definition) is 0. The van der Waals surface area contributed by atoms with E-state index < -0.39 is 0 Å². The second-order valence-electron chi connectivity index (χ2n) is 1.42. The Morgan fingerprint density at radius 2 is 2.56 bits per heavy atom. The Balaban J connectivity index is 3.12. The lowest BCUT2D eigenvalue weighted by molar-refractivity contribution is 1.27. The highest BCUT2D eigenvalue weighted by molar-refractivity contribution is 9.10. The molecule has 0 aliphatic carbocycles. The van der Waals surface area contributed by atoms with Gasteiger partial charge in [0.1, 0.15) is 12.3 Å². The summed E-state index contributed by atoms with van der Waals surface area (Å²) in [4.78, 5) is 3.66. The van der Waals surface area contributed by atoms with E-state index in [1.807, 2.05) is 6.07 Å². The van der Waals surface area contributed by atoms with Gasteiger partial charge in [-0.15, -0.1) is 0 Å². The predicted molar refractivity (Wildman–Crippen MR) is 35.5 cm³/mol. The number of nitriles is 1. The zero-order valence-corrected chi connectivity index (χ0v) is 6.01. The molecule has 0 aromatic carbocycles. The van der Waals surface area contributed by atoms with Crippen molar-refractivity contribution in [2.24, 2.45) is 0 Å². The number of aromatic nitrogens is 1. The van der Waals surface area contributed by atoms with Crippen LogP contribution in [0.1, 0.15) is 5.56 Å². The topological polar surface area (TPSA) is 36.7 Å². The highest BCUT2D eigenvalue weighted by Gasteiger charge is 1.89. The van der Waals surface area contributed by atoms with Gasteiger partial charge in [-0.1, -0.05) is 0 Å². The monoisotopic (exact) mass is 181 g/mol. The minimum atomic E-state index is 0.448. The van der Waals surface area contributed by atoms with Crippen molar-refractivity contribution in [3.05, 3.63) is 28.5 Å². The molecule has 1 heterocycles. The molecule has 1 aromatic heterocycles. The summed E-state index contributed by atoms with van der Waals surface area (Å²) in [5.74, 6) is 0. The summed E-state index contributed by atoms with van der Waals surface area (Å²) in [6, 6.07) is 3.58. The molecule has 0 bridgehead atoms. The molecule has 0 spiro atoms. The summed E-state index contributed by atoms with van der Waals surface area (Å²) in [5.41, 5.74) is 0.448. The van der Waals surface area contributed by atoms with Crippen molar-refractivity contribution in [3.8, 4) is 6.07 Å². The van der Waals surface area contributed by atoms with Crippen LogP contribution in [-0.4, -0.2) is 4.98 Å². The van der Waals surface area contributed by atoms with Crippen LogP contribution in [0.4, 0.5) is 0 Å². The van der Waals surface area contributed by atoms with Crippen molar-refractivity contribution >= 4 is 15.9 Å². The lowest BCUT2D eigenvalue weighted by atomic mass is 10.3. The average molecular weight is 182 g/mol. The Morgan fingerprint density at radius 1 is 1.78 bits per heavy atom. The quantitative estimate of drug-likeness (QED) is 0.609. The lowest BCUT2D eigenvalue weighted by Gasteiger charge is -1.85. The summed E-state index contributed by atoms with van der Waals surface area (Å²) in [7, 11) is 0. The van der Waals surface area contributed by atoms with Crippen LogP contribution in [0.15, 0.2) is 16.7 Å². The molecule has 43 valence electrons. The van der Waals surface area contributed by atoms with Gasteiger partial charge in [-0.05, 0) is 22.0 Å². The number of rotatable bonds is 0. The van der Waals surface area contributed by atoms with E-state index in [0.29, 0.717) is 5.56 Å². The van der Waals surface area contributed by atoms with Crippen molar-refractivity contribution in [2.75, 3.05) is 0 Å². The number of halogens is 1. The van der Waals surface area contributed by atoms with Gasteiger partial charge in [0, 0.05) is 10.7 Å². The van der Waals surface area contributed by atoms with Crippen LogP contribution in [0.25, 0.3) is 0 Å². The Hall–Kier alpha value is -0.880. The average Bonchev–Trinajstić information content (AvgIpc) is 1.88. The maximum Gasteiger partial charge on any atom is 0.108 e. The van der Waals surface area contributed by atoms with Crippen LogP contribution < -0.4 is 0 Å². The van der Waals surface area contributed by atoms with E-state index in [1.165, 1.54) is 0 Å². The van der Waals surface area contributed by atoms with E-state index in [0.717, 1.165) is 4.47 Å². The van der Waals surface area contributed by atoms with Gasteiger partial charge in [0.2, 0.25) is 0 Å². The molecule has 0 atom stereocenters. The summed E-state index contributed by atoms with van der Waals surface area (Å²) >= 11 is 3.17. The van der Waals surface area contributed by atoms with E-state index in [1.54, 1.807) is 12.3 Å². The molecule has 0 fully saturated rings. The van der Waals surface area contributed by atoms with Gasteiger partial charge in [-0.2, -0.15) is 5.26 Å². The van der Waals surface area contributed by atoms with Gasteiger partial charge in [-0.3, -0.25) is 4.98 Å². The highest BCUT2D eigenvalue weighted by Crippen LogP contribution is 2.07. The Morgan fingerprint density at radius 3 is 3.00 bits per heavy atom. The fourth-order valence-electron chi connectivity index (χ4n) is 0.428. The normalized spacial score (nSPS) is 8.44. The number of nitrogens with zero attached hydrogens (tertiary/aromatic N) is 2. The minimum Gasteiger partial charge on any atom is -0.252 e. The molecule has 1 rings (SSSR count). The van der Waals surface area contributed by atoms with E-state index in [-0.39, 0.29) is 0 Å². The lowest BCUT2D eigenvalue weighted by Crippen LogP contribution is -1.76. The second-order valence-corrected chi connectivity index (χ2v) is 2.34. The van der Waals surface area contributed by atoms with Crippen LogP contribution in [-0.2, 0) is 0 Å². The molecule has 9 heavy (non-hydrogen) atoms. The molecule has 0 N–H and O–H groups in total. The standard InChI is InChI=1S/C6H2BrN2/c7-6-1-5(2-8)3-9-4-6/h1,4H. The van der Waals surface area contributed by atoms with Crippen molar-refractivity contribution in [3.63, 3.8) is 0 Å². The van der Waals surface area contributed by atoms with E-state index >= 15 is 0 Å². The molecule has 0 aliphatic rings. The van der Waals surface area contributed by atoms with Gasteiger partial charge in [-0.25, -0.2) is 0 Å². The largest absolute Gasteiger partial charge is 0.252 e. The zero-order valence-electron chi connectivity index (χ0n) is 4.43. The molecule has 0 amide bonds. The van der Waals surface area contributed by atoms with Crippen molar-refractivity contribution in [1.82, 2.24) is 4.98 Å². The molecule has 0 saturated heterocycles. The summed E-state index contributed by atoms with van der Waals surface area (Å²) in [6.45, 7) is 0. The van der Waals surface area contributed by atoms with E-state index in [2.05, 4.69) is 27.1 Å². The Labute approximate surface area is 61.3 Å². The summed E-state index contributed by atoms with van der Waals surface area (Å²) in [5, 5.41) is 8.32. The molecule has 1 radical (unpaired) electrons. The molecule has 1 aromatic rings. The molecular weight excluding hydrogens is 180 g/mol. The fraction of sp³-hybridized carbons (Fsp3) is 0. The molecule has 3 heteroatoms. The van der Waals surface area contributed by atoms with Gasteiger partial charge < -0.3 is 0 Å². The van der Waals surface area contributed by atoms with Crippen molar-refractivity contribution in [1.29, 1.82) is 5.26 Å². The smallest absolute Gasteiger partial charge is 0.108 e. The third kappa shape index (κ3) is 1.51. The first-order valence-corrected chi connectivity index (χ1v) is 3.05. The van der Waals surface area contributed by atoms with Gasteiger partial charge in [0.25, 0.3) is 0 Å². The number of hydrogen-bond acceptors (Lipinski definition) is 2. The second kappa shape index (κ2) is 2.60. The first kappa shape index (κ1) is 6.24. The van der Waals surface area contributed by atoms with Crippen LogP contribution in [0, 0.1) is 17.5 Å². The molecular formula is C6H2BrN2. The maximum atomic E-state index is 8.32.